The molecule has 2 bridgehead atoms. The van der Waals surface area contributed by atoms with Crippen molar-refractivity contribution in [2.75, 3.05) is 14.1 Å². The Bertz CT molecular complexity index is 266. The van der Waals surface area contributed by atoms with Gasteiger partial charge in [0.2, 0.25) is 0 Å². The van der Waals surface area contributed by atoms with Gasteiger partial charge in [0, 0.05) is 12.0 Å². The number of hydrogen-bond donors (Lipinski definition) is 1. The Morgan fingerprint density at radius 3 is 2.64 bits per heavy atom. The van der Waals surface area contributed by atoms with Crippen LogP contribution in [0.1, 0.15) is 19.8 Å². The van der Waals surface area contributed by atoms with Gasteiger partial charge in [0.25, 0.3) is 0 Å². The van der Waals surface area contributed by atoms with Gasteiger partial charge in [0.05, 0.1) is 17.8 Å². The number of hydrogen-bond acceptors (Lipinski definition) is 3. The Labute approximate surface area is 85.0 Å². The van der Waals surface area contributed by atoms with E-state index in [0.717, 1.165) is 6.42 Å². The van der Waals surface area contributed by atoms with E-state index < -0.39 is 0 Å². The third-order valence-corrected chi connectivity index (χ3v) is 4.82. The molecule has 3 aliphatic rings. The predicted molar refractivity (Wildman–Crippen MR) is 53.0 cm³/mol. The van der Waals surface area contributed by atoms with Gasteiger partial charge in [-0.15, -0.1) is 0 Å². The maximum Gasteiger partial charge on any atom is 0.0901 e. The van der Waals surface area contributed by atoms with E-state index in [1.807, 2.05) is 0 Å². The fourth-order valence-corrected chi connectivity index (χ4v) is 3.83. The van der Waals surface area contributed by atoms with E-state index >= 15 is 0 Å². The second kappa shape index (κ2) is 2.52. The molecule has 2 saturated carbocycles. The summed E-state index contributed by atoms with van der Waals surface area (Å²) in [5.41, 5.74) is 0.0814. The van der Waals surface area contributed by atoms with E-state index in [-0.39, 0.29) is 17.8 Å². The number of aliphatic hydroxyl groups excluding tert-OH is 1. The molecule has 1 aliphatic heterocycles. The van der Waals surface area contributed by atoms with E-state index in [4.69, 9.17) is 4.74 Å². The lowest BCUT2D eigenvalue weighted by Gasteiger charge is -2.59. The monoisotopic (exact) mass is 197 g/mol. The molecule has 1 heterocycles. The van der Waals surface area contributed by atoms with Crippen molar-refractivity contribution in [3.8, 4) is 0 Å². The number of nitrogens with zero attached hydrogens (tertiary/aromatic N) is 1. The lowest BCUT2D eigenvalue weighted by molar-refractivity contribution is -0.305. The van der Waals surface area contributed by atoms with Crippen molar-refractivity contribution in [3.05, 3.63) is 0 Å². The van der Waals surface area contributed by atoms with E-state index in [9.17, 15) is 5.11 Å². The van der Waals surface area contributed by atoms with Crippen molar-refractivity contribution in [1.29, 1.82) is 0 Å². The van der Waals surface area contributed by atoms with Crippen molar-refractivity contribution >= 4 is 0 Å². The minimum atomic E-state index is -0.170. The van der Waals surface area contributed by atoms with E-state index in [2.05, 4.69) is 25.9 Å². The minimum Gasteiger partial charge on any atom is -0.390 e. The van der Waals surface area contributed by atoms with Crippen LogP contribution in [0.4, 0.5) is 0 Å². The van der Waals surface area contributed by atoms with Gasteiger partial charge >= 0.3 is 0 Å². The van der Waals surface area contributed by atoms with Crippen LogP contribution in [0.5, 0.6) is 0 Å². The molecule has 1 unspecified atom stereocenters. The van der Waals surface area contributed by atoms with Crippen LogP contribution in [0.25, 0.3) is 0 Å². The predicted octanol–water partition coefficient (Wildman–Crippen LogP) is 0.475. The fraction of sp³-hybridized carbons (Fsp3) is 1.00. The first-order valence-electron chi connectivity index (χ1n) is 5.58. The Balaban J connectivity index is 1.85. The average molecular weight is 197 g/mol. The normalized spacial score (nSPS) is 56.4. The van der Waals surface area contributed by atoms with Crippen LogP contribution in [0.15, 0.2) is 0 Å². The molecule has 3 rings (SSSR count). The van der Waals surface area contributed by atoms with Gasteiger partial charge in [-0.1, -0.05) is 0 Å². The zero-order chi connectivity index (χ0) is 10.1. The van der Waals surface area contributed by atoms with E-state index in [1.54, 1.807) is 0 Å². The third-order valence-electron chi connectivity index (χ3n) is 4.82. The molecule has 0 aromatic rings. The van der Waals surface area contributed by atoms with Crippen LogP contribution in [-0.2, 0) is 4.74 Å². The van der Waals surface area contributed by atoms with Gasteiger partial charge in [-0.3, -0.25) is 0 Å². The first-order valence-corrected chi connectivity index (χ1v) is 5.58. The Morgan fingerprint density at radius 1 is 1.50 bits per heavy atom. The summed E-state index contributed by atoms with van der Waals surface area (Å²) in [6.07, 6.45) is 2.24. The smallest absolute Gasteiger partial charge is 0.0901 e. The summed E-state index contributed by atoms with van der Waals surface area (Å²) in [5.74, 6) is 1.14. The van der Waals surface area contributed by atoms with Crippen molar-refractivity contribution in [2.45, 2.75) is 43.6 Å². The molecule has 80 valence electrons. The van der Waals surface area contributed by atoms with Crippen molar-refractivity contribution < 1.29 is 9.84 Å². The molecule has 0 amide bonds. The maximum atomic E-state index is 9.82. The molecule has 14 heavy (non-hydrogen) atoms. The molecule has 0 spiro atoms. The van der Waals surface area contributed by atoms with E-state index in [0.29, 0.717) is 17.9 Å². The fourth-order valence-electron chi connectivity index (χ4n) is 3.83. The first-order chi connectivity index (χ1) is 6.56. The zero-order valence-electron chi connectivity index (χ0n) is 9.10. The molecule has 6 atom stereocenters. The molecule has 0 aromatic carbocycles. The molecule has 1 N–H and O–H groups in total. The number of aliphatic hydroxyl groups is 1. The van der Waals surface area contributed by atoms with Crippen LogP contribution in [0.2, 0.25) is 0 Å². The summed E-state index contributed by atoms with van der Waals surface area (Å²) in [5, 5.41) is 9.82. The van der Waals surface area contributed by atoms with Crippen LogP contribution in [0.3, 0.4) is 0 Å². The van der Waals surface area contributed by atoms with Gasteiger partial charge in [0.15, 0.2) is 0 Å². The standard InChI is InChI=1S/C11H19NO2/c1-6(12(2)3)11-5-7-4-8(11)10(14-11)9(7)13/h6-10,13H,4-5H2,1-3H3/t6?,7-,8-,9-,10-,11+/m0/s1. The second-order valence-electron chi connectivity index (χ2n) is 5.47. The summed E-state index contributed by atoms with van der Waals surface area (Å²) >= 11 is 0. The number of rotatable bonds is 2. The van der Waals surface area contributed by atoms with Crippen molar-refractivity contribution in [2.24, 2.45) is 11.8 Å². The number of fused-ring (bicyclic) bond motifs is 1. The Hall–Kier alpha value is -0.120. The molecule has 1 saturated heterocycles. The quantitative estimate of drug-likeness (QED) is 0.698. The second-order valence-corrected chi connectivity index (χ2v) is 5.47. The zero-order valence-corrected chi connectivity index (χ0v) is 9.10. The summed E-state index contributed by atoms with van der Waals surface area (Å²) < 4.78 is 5.96. The van der Waals surface area contributed by atoms with E-state index in [1.165, 1.54) is 6.42 Å². The molecule has 0 aromatic heterocycles. The van der Waals surface area contributed by atoms with Gasteiger partial charge in [0.1, 0.15) is 0 Å². The SMILES string of the molecule is CC(N(C)C)[C@]12C[C@@H]3C[C@H]1[C@H](O2)[C@H]3O. The number of ether oxygens (including phenoxy) is 1. The summed E-state index contributed by atoms with van der Waals surface area (Å²) in [7, 11) is 4.22. The van der Waals surface area contributed by atoms with Gasteiger partial charge in [-0.05, 0) is 39.8 Å². The van der Waals surface area contributed by atoms with Crippen molar-refractivity contribution in [1.82, 2.24) is 4.90 Å². The summed E-state index contributed by atoms with van der Waals surface area (Å²) in [6, 6.07) is 0.473. The molecular formula is C11H19NO2. The molecule has 0 radical (unpaired) electrons. The highest BCUT2D eigenvalue weighted by molar-refractivity contribution is 5.21. The minimum absolute atomic E-state index is 0.0814. The molecule has 3 heteroatoms. The molecule has 3 nitrogen and oxygen atoms in total. The topological polar surface area (TPSA) is 32.7 Å². The third kappa shape index (κ3) is 0.802. The Morgan fingerprint density at radius 2 is 2.21 bits per heavy atom. The molecule has 2 aliphatic carbocycles. The largest absolute Gasteiger partial charge is 0.390 e. The Kier molecular flexibility index (Phi) is 1.64. The van der Waals surface area contributed by atoms with Crippen LogP contribution >= 0.6 is 0 Å². The average Bonchev–Trinajstić information content (AvgIpc) is 2.52. The summed E-state index contributed by atoms with van der Waals surface area (Å²) in [4.78, 5) is 2.24. The maximum absolute atomic E-state index is 9.82. The van der Waals surface area contributed by atoms with Crippen molar-refractivity contribution in [3.63, 3.8) is 0 Å². The number of likely N-dealkylation sites (N-methyl/N-ethyl adjacent to an activating group) is 1. The van der Waals surface area contributed by atoms with Crippen LogP contribution in [0, 0.1) is 11.8 Å². The lowest BCUT2D eigenvalue weighted by Crippen LogP contribution is -2.70. The highest BCUT2D eigenvalue weighted by Gasteiger charge is 2.71. The highest BCUT2D eigenvalue weighted by atomic mass is 16.6. The van der Waals surface area contributed by atoms with Crippen LogP contribution < -0.4 is 0 Å². The first kappa shape index (κ1) is 9.13. The molecule has 3 fully saturated rings. The van der Waals surface area contributed by atoms with Gasteiger partial charge in [-0.25, -0.2) is 0 Å². The molecular weight excluding hydrogens is 178 g/mol. The van der Waals surface area contributed by atoms with Gasteiger partial charge in [-0.2, -0.15) is 0 Å². The lowest BCUT2D eigenvalue weighted by atomic mass is 9.70. The van der Waals surface area contributed by atoms with Crippen LogP contribution in [-0.4, -0.2) is 48.0 Å². The highest BCUT2D eigenvalue weighted by Crippen LogP contribution is 2.63. The van der Waals surface area contributed by atoms with Gasteiger partial charge < -0.3 is 14.7 Å². The summed E-state index contributed by atoms with van der Waals surface area (Å²) in [6.45, 7) is 2.24.